The molecule has 0 heterocycles. The van der Waals surface area contributed by atoms with Gasteiger partial charge in [-0.05, 0) is 0 Å². The molecule has 0 aromatic heterocycles. The van der Waals surface area contributed by atoms with Crippen LogP contribution >= 0.6 is 0 Å². The summed E-state index contributed by atoms with van der Waals surface area (Å²) >= 11 is 0. The molecule has 0 aromatic rings. The van der Waals surface area contributed by atoms with E-state index >= 15 is 0 Å². The molecule has 1 nitrogen and oxygen atoms in total. The third-order valence-corrected chi connectivity index (χ3v) is 0. The van der Waals surface area contributed by atoms with Gasteiger partial charge in [0, 0.05) is 0 Å². The van der Waals surface area contributed by atoms with Gasteiger partial charge < -0.3 is 19.3 Å². The molecule has 0 N–H and O–H groups in total. The van der Waals surface area contributed by atoms with Crippen molar-refractivity contribution in [2.45, 2.75) is 0 Å². The normalized spacial score (nSPS) is 0.400. The predicted octanol–water partition coefficient (Wildman–Crippen LogP) is -2.45. The molecule has 0 radical (unpaired) electrons. The van der Waals surface area contributed by atoms with Gasteiger partial charge in [0.25, 0.3) is 0 Å². The van der Waals surface area contributed by atoms with E-state index in [2.05, 4.69) is 0 Å². The third-order valence-electron chi connectivity index (χ3n) is 0. The van der Waals surface area contributed by atoms with Crippen molar-refractivity contribution in [2.75, 3.05) is 0 Å². The molecule has 0 atom stereocenters. The van der Waals surface area contributed by atoms with Crippen LogP contribution in [0.4, 0.5) is 0 Å². The zero-order valence-corrected chi connectivity index (χ0v) is 4.19. The summed E-state index contributed by atoms with van der Waals surface area (Å²) in [5, 5.41) is 6.25. The van der Waals surface area contributed by atoms with Crippen molar-refractivity contribution in [1.82, 2.24) is 0 Å². The van der Waals surface area contributed by atoms with Crippen molar-refractivity contribution in [3.05, 3.63) is 14.0 Å². The smallest absolute Gasteiger partial charge is 0.512 e. The van der Waals surface area contributed by atoms with Crippen LogP contribution in [0.1, 0.15) is 0 Å². The molecule has 0 aliphatic heterocycles. The van der Waals surface area contributed by atoms with Crippen LogP contribution < -0.4 is 18.9 Å². The summed E-state index contributed by atoms with van der Waals surface area (Å²) in [5.41, 5.74) is 0. The number of nitrogens with zero attached hydrogens (tertiary/aromatic N) is 1. The molecule has 0 rings (SSSR count). The first-order valence-corrected chi connectivity index (χ1v) is 0.224. The van der Waals surface area contributed by atoms with Crippen LogP contribution in [0.25, 0.3) is 0 Å². The molecule has 0 aromatic carbocycles. The van der Waals surface area contributed by atoms with Crippen LogP contribution in [0.3, 0.4) is 0 Å². The summed E-state index contributed by atoms with van der Waals surface area (Å²) in [5.74, 6) is 0. The SMILES string of the molecule is [C-]#N.[CH3-].[Cu+].[Li+]. The van der Waals surface area contributed by atoms with E-state index in [1.54, 1.807) is 0 Å². The maximum Gasteiger partial charge on any atom is 1.00 e. The number of rotatable bonds is 0. The quantitative estimate of drug-likeness (QED) is 0.252. The van der Waals surface area contributed by atoms with E-state index in [0.717, 1.165) is 0 Å². The Balaban J connectivity index is -0.00000000167. The maximum absolute atomic E-state index is 6.25. The van der Waals surface area contributed by atoms with Crippen molar-refractivity contribution in [2.24, 2.45) is 0 Å². The molecule has 0 aliphatic rings. The second-order valence-corrected chi connectivity index (χ2v) is 0. The molecular formula is C2H3CuLiN. The summed E-state index contributed by atoms with van der Waals surface area (Å²) in [6, 6.07) is 0. The molecule has 0 unspecified atom stereocenters. The monoisotopic (exact) mass is 111 g/mol. The van der Waals surface area contributed by atoms with Crippen LogP contribution in [0.2, 0.25) is 0 Å². The van der Waals surface area contributed by atoms with Gasteiger partial charge in [0.05, 0.1) is 0 Å². The van der Waals surface area contributed by atoms with Gasteiger partial charge in [0.15, 0.2) is 0 Å². The Hall–Kier alpha value is 0.607. The minimum Gasteiger partial charge on any atom is -0.512 e. The molecule has 0 saturated carbocycles. The van der Waals surface area contributed by atoms with Gasteiger partial charge in [-0.15, -0.1) is 0 Å². The molecule has 0 saturated heterocycles. The van der Waals surface area contributed by atoms with Gasteiger partial charge in [0.1, 0.15) is 0 Å². The van der Waals surface area contributed by atoms with Crippen molar-refractivity contribution in [3.8, 4) is 0 Å². The first-order chi connectivity index (χ1) is 1.00. The van der Waals surface area contributed by atoms with Crippen LogP contribution in [0.15, 0.2) is 0 Å². The molecule has 3 heteroatoms. The minimum absolute atomic E-state index is 0. The molecule has 0 spiro atoms. The van der Waals surface area contributed by atoms with Gasteiger partial charge in [-0.3, -0.25) is 0 Å². The molecule has 0 amide bonds. The van der Waals surface area contributed by atoms with Gasteiger partial charge in [-0.25, -0.2) is 0 Å². The topological polar surface area (TPSA) is 23.8 Å². The Morgan fingerprint density at radius 3 is 1.20 bits per heavy atom. The summed E-state index contributed by atoms with van der Waals surface area (Å²) in [6.45, 7) is 4.75. The minimum atomic E-state index is 0. The fourth-order valence-corrected chi connectivity index (χ4v) is 0. The standard InChI is InChI=1S/CN.CH3.Cu.Li/c1-2;;;/h;1H3;;/q2*-1;2*+1. The van der Waals surface area contributed by atoms with E-state index in [1.807, 2.05) is 0 Å². The van der Waals surface area contributed by atoms with E-state index in [4.69, 9.17) is 11.8 Å². The molecule has 5 heavy (non-hydrogen) atoms. The largest absolute Gasteiger partial charge is 1.00 e. The summed E-state index contributed by atoms with van der Waals surface area (Å²) < 4.78 is 0. The maximum atomic E-state index is 6.25. The summed E-state index contributed by atoms with van der Waals surface area (Å²) in [6.07, 6.45) is 0. The fourth-order valence-electron chi connectivity index (χ4n) is 0. The van der Waals surface area contributed by atoms with Crippen molar-refractivity contribution in [3.63, 3.8) is 0 Å². The average molecular weight is 112 g/mol. The Morgan fingerprint density at radius 2 is 1.20 bits per heavy atom. The number of hydrogen-bond acceptors (Lipinski definition) is 1. The second kappa shape index (κ2) is 163. The van der Waals surface area contributed by atoms with Gasteiger partial charge in [0.2, 0.25) is 0 Å². The summed E-state index contributed by atoms with van der Waals surface area (Å²) in [7, 11) is 0. The van der Waals surface area contributed by atoms with E-state index < -0.39 is 0 Å². The van der Waals surface area contributed by atoms with Crippen LogP contribution in [-0.4, -0.2) is 0 Å². The number of hydrogen-bond donors (Lipinski definition) is 0. The van der Waals surface area contributed by atoms with Gasteiger partial charge in [-0.2, -0.15) is 0 Å². The molecule has 0 aliphatic carbocycles. The van der Waals surface area contributed by atoms with E-state index in [0.29, 0.717) is 0 Å². The Kier molecular flexibility index (Phi) is 1500. The van der Waals surface area contributed by atoms with Crippen LogP contribution in [-0.2, 0) is 17.1 Å². The zero-order valence-electron chi connectivity index (χ0n) is 3.25. The van der Waals surface area contributed by atoms with E-state index in [9.17, 15) is 0 Å². The Labute approximate surface area is 55.4 Å². The van der Waals surface area contributed by atoms with Crippen LogP contribution in [0.5, 0.6) is 0 Å². The molecule has 28 valence electrons. The van der Waals surface area contributed by atoms with Crippen molar-refractivity contribution in [1.29, 1.82) is 5.26 Å². The summed E-state index contributed by atoms with van der Waals surface area (Å²) in [4.78, 5) is 0. The second-order valence-electron chi connectivity index (χ2n) is 0. The van der Waals surface area contributed by atoms with Gasteiger partial charge in [-0.1, -0.05) is 0 Å². The zero-order chi connectivity index (χ0) is 2.00. The first kappa shape index (κ1) is 46.1. The molecular weight excluding hydrogens is 109 g/mol. The Bertz CT molecular complexity index is 14.4. The van der Waals surface area contributed by atoms with E-state index in [-0.39, 0.29) is 43.4 Å². The fraction of sp³-hybridized carbons (Fsp3) is 0. The van der Waals surface area contributed by atoms with Gasteiger partial charge >= 0.3 is 35.9 Å². The predicted molar refractivity (Wildman–Crippen MR) is 11.4 cm³/mol. The third kappa shape index (κ3) is 85.0. The Morgan fingerprint density at radius 1 is 1.20 bits per heavy atom. The molecule has 0 fully saturated rings. The van der Waals surface area contributed by atoms with Crippen LogP contribution in [0, 0.1) is 19.3 Å². The van der Waals surface area contributed by atoms with E-state index in [1.165, 1.54) is 0 Å². The van der Waals surface area contributed by atoms with Crippen molar-refractivity contribution >= 4 is 0 Å². The average Bonchev–Trinajstić information content (AvgIpc) is 1.00. The van der Waals surface area contributed by atoms with Crippen molar-refractivity contribution < 1.29 is 35.9 Å². The first-order valence-electron chi connectivity index (χ1n) is 0.224. The molecule has 0 bridgehead atoms.